The van der Waals surface area contributed by atoms with Gasteiger partial charge in [-0.2, -0.15) is 10.4 Å². The number of nitrogens with one attached hydrogen (secondary N) is 2. The number of thioether (sulfide) groups is 1. The molecule has 0 radical (unpaired) electrons. The molecule has 168 valence electrons. The highest BCUT2D eigenvalue weighted by Gasteiger charge is 2.17. The summed E-state index contributed by atoms with van der Waals surface area (Å²) in [6.45, 7) is 3.90. The highest BCUT2D eigenvalue weighted by atomic mass is 32.2. The molecule has 0 spiro atoms. The third-order valence-electron chi connectivity index (χ3n) is 4.45. The third kappa shape index (κ3) is 6.47. The molecule has 0 aliphatic rings. The maximum atomic E-state index is 13.4. The van der Waals surface area contributed by atoms with Gasteiger partial charge in [0.1, 0.15) is 17.4 Å². The molecule has 0 aliphatic heterocycles. The van der Waals surface area contributed by atoms with Crippen LogP contribution in [0.2, 0.25) is 0 Å². The van der Waals surface area contributed by atoms with Crippen LogP contribution in [0.4, 0.5) is 15.9 Å². The molecule has 10 heteroatoms. The SMILES string of the molecule is CCCSc1nc(Nc2ccc(/C(C)=N\NC(N)=S)cc2)c(C#N)c(-c2ccc(F)cc2)n1. The van der Waals surface area contributed by atoms with Gasteiger partial charge in [0.15, 0.2) is 16.1 Å². The molecule has 0 bridgehead atoms. The van der Waals surface area contributed by atoms with Crippen LogP contribution >= 0.6 is 24.0 Å². The van der Waals surface area contributed by atoms with Crippen molar-refractivity contribution in [2.24, 2.45) is 10.8 Å². The van der Waals surface area contributed by atoms with Crippen molar-refractivity contribution in [3.05, 3.63) is 65.5 Å². The van der Waals surface area contributed by atoms with Gasteiger partial charge in [0.25, 0.3) is 0 Å². The van der Waals surface area contributed by atoms with Crippen molar-refractivity contribution < 1.29 is 4.39 Å². The Morgan fingerprint density at radius 1 is 1.18 bits per heavy atom. The van der Waals surface area contributed by atoms with Crippen molar-refractivity contribution in [2.75, 3.05) is 11.1 Å². The van der Waals surface area contributed by atoms with Crippen LogP contribution in [-0.2, 0) is 0 Å². The molecule has 0 saturated carbocycles. The summed E-state index contributed by atoms with van der Waals surface area (Å²) in [6, 6.07) is 15.6. The summed E-state index contributed by atoms with van der Waals surface area (Å²) < 4.78 is 13.4. The maximum Gasteiger partial charge on any atom is 0.190 e. The topological polar surface area (TPSA) is 112 Å². The van der Waals surface area contributed by atoms with Gasteiger partial charge in [-0.05, 0) is 67.5 Å². The Hall–Kier alpha value is -3.55. The number of nitriles is 1. The molecule has 33 heavy (non-hydrogen) atoms. The second-order valence-corrected chi connectivity index (χ2v) is 8.42. The Labute approximate surface area is 201 Å². The van der Waals surface area contributed by atoms with Crippen LogP contribution in [0.3, 0.4) is 0 Å². The molecule has 3 aromatic rings. The lowest BCUT2D eigenvalue weighted by atomic mass is 10.1. The van der Waals surface area contributed by atoms with Crippen molar-refractivity contribution in [3.8, 4) is 17.3 Å². The Kier molecular flexibility index (Phi) is 8.29. The minimum absolute atomic E-state index is 0.0918. The number of hydrazone groups is 1. The van der Waals surface area contributed by atoms with Crippen LogP contribution in [-0.4, -0.2) is 26.5 Å². The molecule has 0 aliphatic carbocycles. The van der Waals surface area contributed by atoms with Crippen molar-refractivity contribution in [1.29, 1.82) is 5.26 Å². The molecular weight excluding hydrogens is 457 g/mol. The summed E-state index contributed by atoms with van der Waals surface area (Å²) in [4.78, 5) is 9.15. The molecular formula is C23H22FN7S2. The molecule has 0 unspecified atom stereocenters. The van der Waals surface area contributed by atoms with Crippen LogP contribution in [0.15, 0.2) is 58.8 Å². The fraction of sp³-hybridized carbons (Fsp3) is 0.174. The number of nitrogens with zero attached hydrogens (tertiary/aromatic N) is 4. The van der Waals surface area contributed by atoms with E-state index in [0.29, 0.717) is 27.9 Å². The van der Waals surface area contributed by atoms with E-state index in [9.17, 15) is 9.65 Å². The van der Waals surface area contributed by atoms with Crippen molar-refractivity contribution in [1.82, 2.24) is 15.4 Å². The van der Waals surface area contributed by atoms with Crippen LogP contribution in [0.1, 0.15) is 31.4 Å². The Balaban J connectivity index is 1.97. The first kappa shape index (κ1) is 24.1. The van der Waals surface area contributed by atoms with Crippen LogP contribution < -0.4 is 16.5 Å². The van der Waals surface area contributed by atoms with E-state index in [2.05, 4.69) is 38.8 Å². The first-order valence-corrected chi connectivity index (χ1v) is 11.5. The highest BCUT2D eigenvalue weighted by Crippen LogP contribution is 2.31. The Morgan fingerprint density at radius 2 is 1.88 bits per heavy atom. The predicted octanol–water partition coefficient (Wildman–Crippen LogP) is 4.96. The first-order valence-electron chi connectivity index (χ1n) is 10.1. The van der Waals surface area contributed by atoms with E-state index in [1.54, 1.807) is 12.1 Å². The quantitative estimate of drug-likeness (QED) is 0.137. The zero-order valence-corrected chi connectivity index (χ0v) is 19.7. The average molecular weight is 480 g/mol. The Bertz CT molecular complexity index is 1200. The number of halogens is 1. The standard InChI is InChI=1S/C23H22FN7S2/c1-3-12-33-23-28-20(16-4-8-17(24)9-5-16)19(13-25)21(29-23)27-18-10-6-15(7-11-18)14(2)30-31-22(26)32/h4-11H,3,12H2,1-2H3,(H3,26,31,32)(H,27,28,29)/b30-14-. The molecule has 7 nitrogen and oxygen atoms in total. The van der Waals surface area contributed by atoms with Crippen LogP contribution in [0.5, 0.6) is 0 Å². The molecule has 0 amide bonds. The smallest absolute Gasteiger partial charge is 0.190 e. The van der Waals surface area contributed by atoms with Gasteiger partial charge in [0.05, 0.1) is 11.4 Å². The number of rotatable bonds is 8. The number of thiocarbonyl (C=S) groups is 1. The molecule has 0 atom stereocenters. The lowest BCUT2D eigenvalue weighted by Crippen LogP contribution is -2.25. The fourth-order valence-corrected chi connectivity index (χ4v) is 3.59. The van der Waals surface area contributed by atoms with Gasteiger partial charge in [-0.25, -0.2) is 14.4 Å². The van der Waals surface area contributed by atoms with E-state index in [1.807, 2.05) is 31.2 Å². The third-order valence-corrected chi connectivity index (χ3v) is 5.60. The van der Waals surface area contributed by atoms with Gasteiger partial charge in [-0.3, -0.25) is 5.43 Å². The zero-order valence-electron chi connectivity index (χ0n) is 18.1. The molecule has 1 heterocycles. The van der Waals surface area contributed by atoms with Crippen molar-refractivity contribution in [2.45, 2.75) is 25.4 Å². The monoisotopic (exact) mass is 479 g/mol. The summed E-state index contributed by atoms with van der Waals surface area (Å²) in [5.74, 6) is 0.869. The largest absolute Gasteiger partial charge is 0.375 e. The van der Waals surface area contributed by atoms with E-state index in [1.165, 1.54) is 23.9 Å². The molecule has 2 aromatic carbocycles. The van der Waals surface area contributed by atoms with E-state index < -0.39 is 0 Å². The number of hydrogen-bond donors (Lipinski definition) is 3. The number of nitrogens with two attached hydrogens (primary N) is 1. The number of aromatic nitrogens is 2. The lowest BCUT2D eigenvalue weighted by molar-refractivity contribution is 0.628. The normalized spacial score (nSPS) is 11.0. The predicted molar refractivity (Wildman–Crippen MR) is 135 cm³/mol. The van der Waals surface area contributed by atoms with Gasteiger partial charge in [-0.1, -0.05) is 30.8 Å². The molecule has 4 N–H and O–H groups in total. The highest BCUT2D eigenvalue weighted by molar-refractivity contribution is 7.99. The van der Waals surface area contributed by atoms with E-state index >= 15 is 0 Å². The molecule has 0 fully saturated rings. The summed E-state index contributed by atoms with van der Waals surface area (Å²) in [5.41, 5.74) is 11.7. The summed E-state index contributed by atoms with van der Waals surface area (Å²) in [7, 11) is 0. The van der Waals surface area contributed by atoms with E-state index in [-0.39, 0.29) is 16.5 Å². The van der Waals surface area contributed by atoms with E-state index in [0.717, 1.165) is 23.4 Å². The average Bonchev–Trinajstić information content (AvgIpc) is 2.82. The molecule has 3 rings (SSSR count). The lowest BCUT2D eigenvalue weighted by Gasteiger charge is -2.13. The van der Waals surface area contributed by atoms with Gasteiger partial charge < -0.3 is 11.1 Å². The number of anilines is 2. The van der Waals surface area contributed by atoms with Crippen molar-refractivity contribution >= 4 is 46.3 Å². The first-order chi connectivity index (χ1) is 15.9. The summed E-state index contributed by atoms with van der Waals surface area (Å²) in [6.07, 6.45) is 0.953. The fourth-order valence-electron chi connectivity index (χ4n) is 2.85. The van der Waals surface area contributed by atoms with Gasteiger partial charge >= 0.3 is 0 Å². The number of hydrogen-bond acceptors (Lipinski definition) is 7. The van der Waals surface area contributed by atoms with Gasteiger partial charge in [0.2, 0.25) is 0 Å². The van der Waals surface area contributed by atoms with Crippen LogP contribution in [0.25, 0.3) is 11.3 Å². The Morgan fingerprint density at radius 3 is 2.48 bits per heavy atom. The van der Waals surface area contributed by atoms with Gasteiger partial charge in [-0.15, -0.1) is 0 Å². The van der Waals surface area contributed by atoms with Crippen LogP contribution in [0, 0.1) is 17.1 Å². The zero-order chi connectivity index (χ0) is 23.8. The minimum atomic E-state index is -0.354. The second kappa shape index (κ2) is 11.4. The maximum absolute atomic E-state index is 13.4. The minimum Gasteiger partial charge on any atom is -0.375 e. The second-order valence-electron chi connectivity index (χ2n) is 6.92. The van der Waals surface area contributed by atoms with Crippen molar-refractivity contribution in [3.63, 3.8) is 0 Å². The molecule has 1 aromatic heterocycles. The summed E-state index contributed by atoms with van der Waals surface area (Å²) in [5, 5.41) is 17.9. The van der Waals surface area contributed by atoms with E-state index in [4.69, 9.17) is 18.0 Å². The van der Waals surface area contributed by atoms with Gasteiger partial charge in [0, 0.05) is 17.0 Å². The number of benzene rings is 2. The molecule has 0 saturated heterocycles. The summed E-state index contributed by atoms with van der Waals surface area (Å²) >= 11 is 6.26.